The van der Waals surface area contributed by atoms with Gasteiger partial charge < -0.3 is 20.1 Å². The van der Waals surface area contributed by atoms with Gasteiger partial charge in [0.15, 0.2) is 11.6 Å². The van der Waals surface area contributed by atoms with Gasteiger partial charge in [-0.25, -0.2) is 13.6 Å². The van der Waals surface area contributed by atoms with E-state index < -0.39 is 41.4 Å². The number of hydrogen-bond donors (Lipinski definition) is 2. The van der Waals surface area contributed by atoms with E-state index in [1.165, 1.54) is 23.1 Å². The first-order valence-electron chi connectivity index (χ1n) is 10.0. The number of rotatable bonds is 6. The zero-order valence-corrected chi connectivity index (χ0v) is 17.0. The van der Waals surface area contributed by atoms with Crippen LogP contribution >= 0.6 is 0 Å². The van der Waals surface area contributed by atoms with Gasteiger partial charge in [-0.15, -0.1) is 0 Å². The molecule has 32 heavy (non-hydrogen) atoms. The lowest BCUT2D eigenvalue weighted by Gasteiger charge is -2.33. The third-order valence-corrected chi connectivity index (χ3v) is 5.27. The molecule has 0 aliphatic carbocycles. The zero-order valence-electron chi connectivity index (χ0n) is 17.0. The lowest BCUT2D eigenvalue weighted by atomic mass is 9.99. The topological polar surface area (TPSA) is 61.8 Å². The third kappa shape index (κ3) is 6.17. The molecule has 0 aromatic heterocycles. The minimum Gasteiger partial charge on any atom is -0.396 e. The van der Waals surface area contributed by atoms with Crippen LogP contribution in [0.2, 0.25) is 0 Å². The number of aliphatic hydroxyl groups excluding tert-OH is 1. The van der Waals surface area contributed by atoms with Crippen molar-refractivity contribution in [2.24, 2.45) is 5.92 Å². The van der Waals surface area contributed by atoms with Crippen LogP contribution in [0, 0.1) is 17.6 Å². The summed E-state index contributed by atoms with van der Waals surface area (Å²) in [6.45, 7) is 0.506. The van der Waals surface area contributed by atoms with Gasteiger partial charge in [0.1, 0.15) is 6.10 Å². The predicted molar refractivity (Wildman–Crippen MR) is 106 cm³/mol. The first-order chi connectivity index (χ1) is 15.2. The number of hydrogen-bond acceptors (Lipinski definition) is 3. The van der Waals surface area contributed by atoms with E-state index in [4.69, 9.17) is 4.74 Å². The summed E-state index contributed by atoms with van der Waals surface area (Å²) in [5.74, 6) is -2.36. The number of carbonyl (C=O) groups is 1. The van der Waals surface area contributed by atoms with Crippen LogP contribution in [-0.2, 0) is 17.3 Å². The van der Waals surface area contributed by atoms with E-state index in [9.17, 15) is 31.9 Å². The average molecular weight is 458 g/mol. The fourth-order valence-corrected chi connectivity index (χ4v) is 3.46. The van der Waals surface area contributed by atoms with Crippen molar-refractivity contribution in [3.05, 3.63) is 70.8 Å². The van der Waals surface area contributed by atoms with Gasteiger partial charge >= 0.3 is 12.2 Å². The molecule has 3 rings (SSSR count). The Bertz CT molecular complexity index is 921. The number of nitrogens with zero attached hydrogens (tertiary/aromatic N) is 1. The van der Waals surface area contributed by atoms with Crippen LogP contribution in [-0.4, -0.2) is 48.9 Å². The Hall–Kier alpha value is -2.72. The quantitative estimate of drug-likeness (QED) is 0.646. The molecule has 1 aliphatic heterocycles. The highest BCUT2D eigenvalue weighted by molar-refractivity contribution is 5.74. The molecule has 2 aromatic carbocycles. The van der Waals surface area contributed by atoms with Crippen molar-refractivity contribution in [1.82, 2.24) is 10.2 Å². The van der Waals surface area contributed by atoms with E-state index in [-0.39, 0.29) is 32.7 Å². The number of urea groups is 1. The second-order valence-corrected chi connectivity index (χ2v) is 7.61. The molecule has 10 heteroatoms. The highest BCUT2D eigenvalue weighted by atomic mass is 19.4. The molecular formula is C22H23F5N2O3. The molecule has 0 unspecified atom stereocenters. The Morgan fingerprint density at radius 2 is 1.88 bits per heavy atom. The van der Waals surface area contributed by atoms with Crippen molar-refractivity contribution in [3.63, 3.8) is 0 Å². The highest BCUT2D eigenvalue weighted by Crippen LogP contribution is 2.29. The number of nitrogens with one attached hydrogen (secondary N) is 1. The summed E-state index contributed by atoms with van der Waals surface area (Å²) in [5.41, 5.74) is 0.269. The van der Waals surface area contributed by atoms with E-state index >= 15 is 0 Å². The molecule has 1 fully saturated rings. The first-order valence-corrected chi connectivity index (χ1v) is 10.0. The van der Waals surface area contributed by atoms with Crippen LogP contribution in [0.1, 0.15) is 22.8 Å². The standard InChI is InChI=1S/C22H23F5N2O3/c23-18-6-3-16(10-19(18)24)20-12-29(7-8-32-20)21(31)28-11-15(13-30)9-14-1-4-17(5-2-14)22(25,26)27/h1-6,10,15,20,30H,7-9,11-13H2,(H,28,31)/t15-,20+/m1/s1. The summed E-state index contributed by atoms with van der Waals surface area (Å²) in [4.78, 5) is 14.0. The van der Waals surface area contributed by atoms with Crippen molar-refractivity contribution in [2.75, 3.05) is 32.8 Å². The lowest BCUT2D eigenvalue weighted by molar-refractivity contribution is -0.137. The lowest BCUT2D eigenvalue weighted by Crippen LogP contribution is -2.48. The largest absolute Gasteiger partial charge is 0.416 e. The van der Waals surface area contributed by atoms with E-state index in [1.807, 2.05) is 0 Å². The van der Waals surface area contributed by atoms with Crippen LogP contribution in [0.25, 0.3) is 0 Å². The molecule has 174 valence electrons. The summed E-state index contributed by atoms with van der Waals surface area (Å²) in [7, 11) is 0. The number of ether oxygens (including phenoxy) is 1. The van der Waals surface area contributed by atoms with E-state index in [2.05, 4.69) is 5.32 Å². The fourth-order valence-electron chi connectivity index (χ4n) is 3.46. The summed E-state index contributed by atoms with van der Waals surface area (Å²) in [5, 5.41) is 12.3. The van der Waals surface area contributed by atoms with Gasteiger partial charge in [0.2, 0.25) is 0 Å². The van der Waals surface area contributed by atoms with Crippen molar-refractivity contribution in [1.29, 1.82) is 0 Å². The second-order valence-electron chi connectivity index (χ2n) is 7.61. The number of benzene rings is 2. The highest BCUT2D eigenvalue weighted by Gasteiger charge is 2.30. The first kappa shape index (κ1) is 23.9. The monoisotopic (exact) mass is 458 g/mol. The molecule has 2 aromatic rings. The van der Waals surface area contributed by atoms with Gasteiger partial charge in [-0.3, -0.25) is 0 Å². The predicted octanol–water partition coefficient (Wildman–Crippen LogP) is 3.92. The Labute approximate surface area is 181 Å². The Balaban J connectivity index is 1.53. The summed E-state index contributed by atoms with van der Waals surface area (Å²) < 4.78 is 70.2. The Kier molecular flexibility index (Phi) is 7.68. The van der Waals surface area contributed by atoms with Crippen molar-refractivity contribution < 1.29 is 36.6 Å². The number of morpholine rings is 1. The summed E-state index contributed by atoms with van der Waals surface area (Å²) in [6, 6.07) is 7.68. The second kappa shape index (κ2) is 10.3. The van der Waals surface area contributed by atoms with Crippen molar-refractivity contribution >= 4 is 6.03 Å². The van der Waals surface area contributed by atoms with Gasteiger partial charge in [-0.1, -0.05) is 18.2 Å². The minimum absolute atomic E-state index is 0.115. The van der Waals surface area contributed by atoms with Gasteiger partial charge in [0.25, 0.3) is 0 Å². The van der Waals surface area contributed by atoms with Gasteiger partial charge in [0.05, 0.1) is 18.7 Å². The van der Waals surface area contributed by atoms with Crippen LogP contribution < -0.4 is 5.32 Å². The third-order valence-electron chi connectivity index (χ3n) is 5.27. The summed E-state index contributed by atoms with van der Waals surface area (Å²) in [6.07, 6.45) is -4.74. The molecule has 1 aliphatic rings. The summed E-state index contributed by atoms with van der Waals surface area (Å²) >= 11 is 0. The number of alkyl halides is 3. The number of carbonyl (C=O) groups excluding carboxylic acids is 1. The van der Waals surface area contributed by atoms with E-state index in [0.717, 1.165) is 24.3 Å². The van der Waals surface area contributed by atoms with E-state index in [1.54, 1.807) is 0 Å². The maximum atomic E-state index is 13.5. The smallest absolute Gasteiger partial charge is 0.396 e. The molecule has 1 heterocycles. The molecule has 0 spiro atoms. The Morgan fingerprint density at radius 3 is 2.50 bits per heavy atom. The fraction of sp³-hybridized carbons (Fsp3) is 0.409. The normalized spacial score (nSPS) is 17.8. The maximum Gasteiger partial charge on any atom is 0.416 e. The van der Waals surface area contributed by atoms with Gasteiger partial charge in [-0.2, -0.15) is 13.2 Å². The SMILES string of the molecule is O=C(NC[C@H](CO)Cc1ccc(C(F)(F)F)cc1)N1CCO[C@H](c2ccc(F)c(F)c2)C1. The molecule has 1 saturated heterocycles. The van der Waals surface area contributed by atoms with Gasteiger partial charge in [0, 0.05) is 25.6 Å². The maximum absolute atomic E-state index is 13.5. The van der Waals surface area contributed by atoms with Crippen molar-refractivity contribution in [2.45, 2.75) is 18.7 Å². The number of amides is 2. The molecular weight excluding hydrogens is 435 g/mol. The number of halogens is 5. The van der Waals surface area contributed by atoms with Crippen LogP contribution in [0.15, 0.2) is 42.5 Å². The number of aliphatic hydroxyl groups is 1. The molecule has 2 N–H and O–H groups in total. The average Bonchev–Trinajstić information content (AvgIpc) is 2.78. The molecule has 0 saturated carbocycles. The molecule has 0 radical (unpaired) electrons. The van der Waals surface area contributed by atoms with Crippen LogP contribution in [0.5, 0.6) is 0 Å². The van der Waals surface area contributed by atoms with Crippen molar-refractivity contribution in [3.8, 4) is 0 Å². The molecule has 5 nitrogen and oxygen atoms in total. The molecule has 0 bridgehead atoms. The Morgan fingerprint density at radius 1 is 1.16 bits per heavy atom. The van der Waals surface area contributed by atoms with Gasteiger partial charge in [-0.05, 0) is 41.8 Å². The molecule has 2 atom stereocenters. The zero-order chi connectivity index (χ0) is 23.3. The van der Waals surface area contributed by atoms with E-state index in [0.29, 0.717) is 17.7 Å². The van der Waals surface area contributed by atoms with Crippen LogP contribution in [0.4, 0.5) is 26.7 Å². The van der Waals surface area contributed by atoms with Crippen LogP contribution in [0.3, 0.4) is 0 Å². The minimum atomic E-state index is -4.42. The molecule has 2 amide bonds.